The molecule has 7 heteroatoms. The molecule has 0 spiro atoms. The first kappa shape index (κ1) is 18.4. The fourth-order valence-electron chi connectivity index (χ4n) is 5.32. The number of urea groups is 1. The molecule has 1 atom stereocenters. The summed E-state index contributed by atoms with van der Waals surface area (Å²) in [6, 6.07) is -0.627. The number of ether oxygens (including phenoxy) is 1. The highest BCUT2D eigenvalue weighted by molar-refractivity contribution is 9.10. The van der Waals surface area contributed by atoms with Crippen LogP contribution in [0.5, 0.6) is 0 Å². The maximum absolute atomic E-state index is 12.5. The van der Waals surface area contributed by atoms with Gasteiger partial charge in [-0.2, -0.15) is 0 Å². The first-order valence-corrected chi connectivity index (χ1v) is 9.82. The van der Waals surface area contributed by atoms with Crippen molar-refractivity contribution in [1.29, 1.82) is 0 Å². The van der Waals surface area contributed by atoms with E-state index in [-0.39, 0.29) is 16.8 Å². The molecule has 0 unspecified atom stereocenters. The number of halogens is 1. The minimum atomic E-state index is -0.639. The summed E-state index contributed by atoms with van der Waals surface area (Å²) in [4.78, 5) is 35.2. The van der Waals surface area contributed by atoms with Crippen LogP contribution in [-0.4, -0.2) is 35.9 Å². The molecule has 0 heterocycles. The Hall–Kier alpha value is -1.37. The van der Waals surface area contributed by atoms with Gasteiger partial charge in [0.15, 0.2) is 6.61 Å². The summed E-state index contributed by atoms with van der Waals surface area (Å²) in [5, 5.41) is 4.54. The third-order valence-corrected chi connectivity index (χ3v) is 7.18. The molecule has 0 saturated heterocycles. The molecule has 138 valence electrons. The molecule has 0 aromatic heterocycles. The van der Waals surface area contributed by atoms with Gasteiger partial charge in [0.25, 0.3) is 5.91 Å². The van der Waals surface area contributed by atoms with E-state index < -0.39 is 24.5 Å². The third kappa shape index (κ3) is 4.07. The van der Waals surface area contributed by atoms with Crippen molar-refractivity contribution in [3.8, 4) is 0 Å². The van der Waals surface area contributed by atoms with E-state index in [2.05, 4.69) is 33.1 Å². The van der Waals surface area contributed by atoms with Crippen LogP contribution in [0.4, 0.5) is 4.79 Å². The molecule has 0 aromatic carbocycles. The molecule has 3 amide bonds. The maximum atomic E-state index is 12.5. The predicted molar refractivity (Wildman–Crippen MR) is 96.0 cm³/mol. The number of hydrogen-bond donors (Lipinski definition) is 2. The van der Waals surface area contributed by atoms with Gasteiger partial charge in [-0.15, -0.1) is 6.58 Å². The zero-order valence-corrected chi connectivity index (χ0v) is 15.8. The average Bonchev–Trinajstić information content (AvgIpc) is 2.56. The second-order valence-corrected chi connectivity index (χ2v) is 8.71. The molecule has 0 radical (unpaired) electrons. The molecule has 0 aliphatic heterocycles. The minimum Gasteiger partial charge on any atom is -0.455 e. The van der Waals surface area contributed by atoms with Gasteiger partial charge in [-0.25, -0.2) is 4.79 Å². The molecule has 4 saturated carbocycles. The summed E-state index contributed by atoms with van der Waals surface area (Å²) in [6.45, 7) is 3.27. The Morgan fingerprint density at radius 2 is 1.72 bits per heavy atom. The van der Waals surface area contributed by atoms with Crippen molar-refractivity contribution in [2.45, 2.75) is 43.4 Å². The van der Waals surface area contributed by atoms with Crippen molar-refractivity contribution in [2.75, 3.05) is 13.2 Å². The van der Waals surface area contributed by atoms with E-state index >= 15 is 0 Å². The highest BCUT2D eigenvalue weighted by Gasteiger charge is 2.55. The summed E-state index contributed by atoms with van der Waals surface area (Å²) in [6.07, 6.45) is 8.62. The van der Waals surface area contributed by atoms with E-state index in [4.69, 9.17) is 4.74 Å². The summed E-state index contributed by atoms with van der Waals surface area (Å²) < 4.78 is 5.16. The first-order valence-electron chi connectivity index (χ1n) is 8.91. The first-order chi connectivity index (χ1) is 11.9. The van der Waals surface area contributed by atoms with Crippen LogP contribution in [0.15, 0.2) is 12.7 Å². The Labute approximate surface area is 156 Å². The van der Waals surface area contributed by atoms with Gasteiger partial charge in [-0.1, -0.05) is 22.0 Å². The van der Waals surface area contributed by atoms with Crippen molar-refractivity contribution in [3.63, 3.8) is 0 Å². The van der Waals surface area contributed by atoms with Crippen LogP contribution in [0.25, 0.3) is 0 Å². The molecule has 4 fully saturated rings. The molecule has 6 nitrogen and oxygen atoms in total. The predicted octanol–water partition coefficient (Wildman–Crippen LogP) is 2.52. The topological polar surface area (TPSA) is 84.5 Å². The van der Waals surface area contributed by atoms with Gasteiger partial charge in [0, 0.05) is 6.54 Å². The van der Waals surface area contributed by atoms with Gasteiger partial charge in [-0.05, 0) is 61.7 Å². The monoisotopic (exact) mass is 412 g/mol. The van der Waals surface area contributed by atoms with Crippen molar-refractivity contribution in [3.05, 3.63) is 12.7 Å². The number of amides is 3. The molecule has 25 heavy (non-hydrogen) atoms. The number of carbonyl (C=O) groups is 3. The van der Waals surface area contributed by atoms with Gasteiger partial charge in [0.05, 0.1) is 0 Å². The molecular weight excluding hydrogens is 388 g/mol. The fraction of sp³-hybridized carbons (Fsp3) is 0.722. The fourth-order valence-corrected chi connectivity index (χ4v) is 6.01. The lowest BCUT2D eigenvalue weighted by Crippen LogP contribution is -2.52. The number of hydrogen-bond acceptors (Lipinski definition) is 4. The maximum Gasteiger partial charge on any atom is 0.321 e. The van der Waals surface area contributed by atoms with Crippen molar-refractivity contribution in [2.24, 2.45) is 23.2 Å². The summed E-state index contributed by atoms with van der Waals surface area (Å²) >= 11 is 3.57. The standard InChI is InChI=1S/C18H25BrN2O4/c1-2-3-20-17(24)21-14(22)10-25-16(23)15(19)18-7-11-4-12(8-18)6-13(5-11)9-18/h2,11-13,15H,1,3-10H2,(H2,20,21,22,24)/t11?,12?,13?,15-,18?/m0/s1. The van der Waals surface area contributed by atoms with Gasteiger partial charge < -0.3 is 10.1 Å². The molecule has 2 N–H and O–H groups in total. The molecule has 0 aromatic rings. The van der Waals surface area contributed by atoms with Gasteiger partial charge in [-0.3, -0.25) is 14.9 Å². The number of esters is 1. The summed E-state index contributed by atoms with van der Waals surface area (Å²) in [5.41, 5.74) is -0.0242. The zero-order chi connectivity index (χ0) is 18.0. The lowest BCUT2D eigenvalue weighted by molar-refractivity contribution is -0.153. The minimum absolute atomic E-state index is 0.0242. The largest absolute Gasteiger partial charge is 0.455 e. The lowest BCUT2D eigenvalue weighted by Gasteiger charge is -2.57. The third-order valence-electron chi connectivity index (χ3n) is 5.84. The van der Waals surface area contributed by atoms with E-state index in [9.17, 15) is 14.4 Å². The van der Waals surface area contributed by atoms with Crippen LogP contribution >= 0.6 is 15.9 Å². The van der Waals surface area contributed by atoms with E-state index in [0.717, 1.165) is 37.0 Å². The van der Waals surface area contributed by atoms with E-state index in [1.165, 1.54) is 25.3 Å². The van der Waals surface area contributed by atoms with Crippen LogP contribution in [0.2, 0.25) is 0 Å². The van der Waals surface area contributed by atoms with Gasteiger partial charge >= 0.3 is 12.0 Å². The Balaban J connectivity index is 1.49. The van der Waals surface area contributed by atoms with Crippen LogP contribution in [0.1, 0.15) is 38.5 Å². The summed E-state index contributed by atoms with van der Waals surface area (Å²) in [5.74, 6) is 1.16. The van der Waals surface area contributed by atoms with Gasteiger partial charge in [0.2, 0.25) is 0 Å². The van der Waals surface area contributed by atoms with E-state index in [1.807, 2.05) is 0 Å². The van der Waals surface area contributed by atoms with E-state index in [0.29, 0.717) is 0 Å². The summed E-state index contributed by atoms with van der Waals surface area (Å²) in [7, 11) is 0. The number of carbonyl (C=O) groups excluding carboxylic acids is 3. The van der Waals surface area contributed by atoms with Crippen LogP contribution in [-0.2, 0) is 14.3 Å². The van der Waals surface area contributed by atoms with Crippen LogP contribution in [0.3, 0.4) is 0 Å². The highest BCUT2D eigenvalue weighted by atomic mass is 79.9. The van der Waals surface area contributed by atoms with E-state index in [1.54, 1.807) is 0 Å². The smallest absolute Gasteiger partial charge is 0.321 e. The van der Waals surface area contributed by atoms with Crippen LogP contribution < -0.4 is 10.6 Å². The van der Waals surface area contributed by atoms with Crippen LogP contribution in [0, 0.1) is 23.2 Å². The average molecular weight is 413 g/mol. The number of rotatable bonds is 6. The van der Waals surface area contributed by atoms with Crippen molar-refractivity contribution >= 4 is 33.8 Å². The molecule has 4 bridgehead atoms. The normalized spacial score (nSPS) is 33.4. The molecule has 4 rings (SSSR count). The second-order valence-electron chi connectivity index (χ2n) is 7.80. The number of nitrogens with one attached hydrogen (secondary N) is 2. The number of imide groups is 1. The molecule has 4 aliphatic rings. The Morgan fingerprint density at radius 1 is 1.16 bits per heavy atom. The highest BCUT2D eigenvalue weighted by Crippen LogP contribution is 2.62. The number of alkyl halides is 1. The second kappa shape index (κ2) is 7.48. The Bertz CT molecular complexity index is 542. The molecular formula is C18H25BrN2O4. The Kier molecular flexibility index (Phi) is 5.51. The van der Waals surface area contributed by atoms with Gasteiger partial charge in [0.1, 0.15) is 4.83 Å². The lowest BCUT2D eigenvalue weighted by atomic mass is 9.49. The zero-order valence-electron chi connectivity index (χ0n) is 14.3. The van der Waals surface area contributed by atoms with Crippen molar-refractivity contribution < 1.29 is 19.1 Å². The Morgan fingerprint density at radius 3 is 2.24 bits per heavy atom. The quantitative estimate of drug-likeness (QED) is 0.398. The van der Waals surface area contributed by atoms with Crippen molar-refractivity contribution in [1.82, 2.24) is 10.6 Å². The molecule has 4 aliphatic carbocycles. The SMILES string of the molecule is C=CCNC(=O)NC(=O)COC(=O)[C@H](Br)C12CC3CC(CC(C3)C1)C2.